The molecule has 3 nitrogen and oxygen atoms in total. The molecule has 4 heteroatoms. The Morgan fingerprint density at radius 2 is 1.33 bits per heavy atom. The number of hydrogen-bond donors (Lipinski definition) is 0. The van der Waals surface area contributed by atoms with E-state index in [4.69, 9.17) is 15.0 Å². The number of carboxylic acid groups (broad SMARTS) is 2. The van der Waals surface area contributed by atoms with Crippen LogP contribution in [0.25, 0.3) is 0 Å². The van der Waals surface area contributed by atoms with Gasteiger partial charge < -0.3 is 15.0 Å². The molecule has 0 aromatic heterocycles. The van der Waals surface area contributed by atoms with Crippen LogP contribution < -0.4 is 10.2 Å². The largest absolute Gasteiger partial charge is 2.00 e. The molecule has 1 radical (unpaired) electrons. The van der Waals surface area contributed by atoms with Crippen LogP contribution in [0, 0.1) is 0 Å². The van der Waals surface area contributed by atoms with Gasteiger partial charge in [-0.3, -0.25) is 0 Å². The molecule has 0 atom stereocenters. The average molecular weight is 131 g/mol. The van der Waals surface area contributed by atoms with Crippen LogP contribution in [0.5, 0.6) is 0 Å². The van der Waals surface area contributed by atoms with E-state index in [2.05, 4.69) is 0 Å². The van der Waals surface area contributed by atoms with Crippen molar-refractivity contribution >= 4 is 6.16 Å². The normalized spacial score (nSPS) is 4.00. The van der Waals surface area contributed by atoms with Crippen molar-refractivity contribution in [1.82, 2.24) is 0 Å². The first-order valence-electron chi connectivity index (χ1n) is 0.612. The molecule has 0 aromatic carbocycles. The van der Waals surface area contributed by atoms with Crippen molar-refractivity contribution < 1.29 is 32.1 Å². The third-order valence-electron chi connectivity index (χ3n) is 0. The van der Waals surface area contributed by atoms with E-state index in [1.54, 1.807) is 0 Å². The molecule has 0 aromatic rings. The molecular formula is C2H4MnO3. The predicted octanol–water partition coefficient (Wildman–Crippen LogP) is -1.81. The molecule has 0 saturated heterocycles. The van der Waals surface area contributed by atoms with Gasteiger partial charge in [0.25, 0.3) is 0 Å². The van der Waals surface area contributed by atoms with Gasteiger partial charge >= 0.3 is 17.1 Å². The molecule has 0 bridgehead atoms. The Labute approximate surface area is 46.5 Å². The fourth-order valence-corrected chi connectivity index (χ4v) is 0. The molecule has 0 amide bonds. The maximum atomic E-state index is 8.33. The van der Waals surface area contributed by atoms with E-state index in [1.165, 1.54) is 0 Å². The maximum Gasteiger partial charge on any atom is 2.00 e. The van der Waals surface area contributed by atoms with Crippen molar-refractivity contribution in [3.8, 4) is 0 Å². The van der Waals surface area contributed by atoms with Gasteiger partial charge in [0.15, 0.2) is 0 Å². The summed E-state index contributed by atoms with van der Waals surface area (Å²) in [6.07, 6.45) is -2.33. The Morgan fingerprint density at radius 1 is 1.33 bits per heavy atom. The molecule has 6 heavy (non-hydrogen) atoms. The molecule has 0 aliphatic rings. The van der Waals surface area contributed by atoms with Gasteiger partial charge in [-0.15, -0.1) is 0 Å². The molecule has 0 heterocycles. The Balaban J connectivity index is -0.0000000450. The monoisotopic (exact) mass is 131 g/mol. The second-order valence-corrected chi connectivity index (χ2v) is 0.250. The smallest absolute Gasteiger partial charge is 0.652 e. The summed E-state index contributed by atoms with van der Waals surface area (Å²) in [5.74, 6) is 0. The average Bonchev–Trinajstić information content (AvgIpc) is 0.811. The van der Waals surface area contributed by atoms with Crippen LogP contribution in [0.1, 0.15) is 7.43 Å². The number of carbonyl (C=O) groups excluding carboxylic acids is 1. The van der Waals surface area contributed by atoms with E-state index in [9.17, 15) is 0 Å². The Bertz CT molecular complexity index is 31.8. The van der Waals surface area contributed by atoms with E-state index in [1.807, 2.05) is 0 Å². The predicted molar refractivity (Wildman–Crippen MR) is 12.1 cm³/mol. The second-order valence-electron chi connectivity index (χ2n) is 0.250. The van der Waals surface area contributed by atoms with E-state index in [-0.39, 0.29) is 24.5 Å². The number of rotatable bonds is 0. The van der Waals surface area contributed by atoms with Crippen LogP contribution in [0.4, 0.5) is 4.79 Å². The summed E-state index contributed by atoms with van der Waals surface area (Å²) in [5, 5.41) is 16.7. The summed E-state index contributed by atoms with van der Waals surface area (Å²) in [6, 6.07) is 0. The van der Waals surface area contributed by atoms with Crippen molar-refractivity contribution in [2.75, 3.05) is 0 Å². The summed E-state index contributed by atoms with van der Waals surface area (Å²) in [5.41, 5.74) is 0. The van der Waals surface area contributed by atoms with Crippen LogP contribution >= 0.6 is 0 Å². The van der Waals surface area contributed by atoms with Gasteiger partial charge in [0.2, 0.25) is 0 Å². The van der Waals surface area contributed by atoms with Gasteiger partial charge in [-0.05, 0) is 6.16 Å². The van der Waals surface area contributed by atoms with E-state index in [0.717, 1.165) is 0 Å². The van der Waals surface area contributed by atoms with Crippen molar-refractivity contribution in [3.05, 3.63) is 0 Å². The van der Waals surface area contributed by atoms with Gasteiger partial charge in [-0.25, -0.2) is 0 Å². The first-order valence-corrected chi connectivity index (χ1v) is 0.612. The van der Waals surface area contributed by atoms with Crippen molar-refractivity contribution in [2.45, 2.75) is 7.43 Å². The molecule has 0 aliphatic carbocycles. The van der Waals surface area contributed by atoms with Gasteiger partial charge in [-0.2, -0.15) is 0 Å². The minimum absolute atomic E-state index is 0. The van der Waals surface area contributed by atoms with Crippen molar-refractivity contribution in [1.29, 1.82) is 0 Å². The second kappa shape index (κ2) is 8.84. The zero-order chi connectivity index (χ0) is 3.58. The fraction of sp³-hybridized carbons (Fsp3) is 0.500. The summed E-state index contributed by atoms with van der Waals surface area (Å²) in [4.78, 5) is 8.33. The van der Waals surface area contributed by atoms with Gasteiger partial charge in [-0.1, -0.05) is 7.43 Å². The molecule has 0 N–H and O–H groups in total. The number of carbonyl (C=O) groups is 1. The maximum absolute atomic E-state index is 8.33. The van der Waals surface area contributed by atoms with E-state index in [0.29, 0.717) is 0 Å². The SMILES string of the molecule is C.O=C([O-])[O-].[Mn+2]. The van der Waals surface area contributed by atoms with Crippen LogP contribution in [-0.4, -0.2) is 6.16 Å². The van der Waals surface area contributed by atoms with Gasteiger partial charge in [0.1, 0.15) is 0 Å². The molecule has 0 rings (SSSR count). The van der Waals surface area contributed by atoms with E-state index >= 15 is 0 Å². The first kappa shape index (κ1) is 17.1. The minimum atomic E-state index is -2.33. The van der Waals surface area contributed by atoms with Crippen LogP contribution in [0.3, 0.4) is 0 Å². The third-order valence-corrected chi connectivity index (χ3v) is 0. The van der Waals surface area contributed by atoms with Crippen LogP contribution in [-0.2, 0) is 17.1 Å². The Kier molecular flexibility index (Phi) is 25.1. The molecule has 0 aliphatic heterocycles. The zero-order valence-corrected chi connectivity index (χ0v) is 3.28. The molecule has 0 fully saturated rings. The quantitative estimate of drug-likeness (QED) is 0.364. The van der Waals surface area contributed by atoms with Crippen molar-refractivity contribution in [2.24, 2.45) is 0 Å². The van der Waals surface area contributed by atoms with Gasteiger partial charge in [0.05, 0.1) is 0 Å². The molecule has 0 spiro atoms. The van der Waals surface area contributed by atoms with E-state index < -0.39 is 6.16 Å². The molecule has 0 saturated carbocycles. The molecule has 0 unspecified atom stereocenters. The summed E-state index contributed by atoms with van der Waals surface area (Å²) in [6.45, 7) is 0. The fourth-order valence-electron chi connectivity index (χ4n) is 0. The molecule has 37 valence electrons. The van der Waals surface area contributed by atoms with Crippen molar-refractivity contribution in [3.63, 3.8) is 0 Å². The molecular weight excluding hydrogens is 127 g/mol. The standard InChI is InChI=1S/CH2O3.CH4.Mn/c2-1(3)4;;/h(H2,2,3,4);1H4;/q;;+2/p-2. The van der Waals surface area contributed by atoms with Gasteiger partial charge in [0, 0.05) is 0 Å². The zero-order valence-electron chi connectivity index (χ0n) is 2.10. The number of hydrogen-bond acceptors (Lipinski definition) is 3. The topological polar surface area (TPSA) is 63.2 Å². The summed E-state index contributed by atoms with van der Waals surface area (Å²) >= 11 is 0. The Hall–Kier alpha value is -0.211. The Morgan fingerprint density at radius 3 is 1.33 bits per heavy atom. The first-order chi connectivity index (χ1) is 1.73. The van der Waals surface area contributed by atoms with Crippen LogP contribution in [0.2, 0.25) is 0 Å². The minimum Gasteiger partial charge on any atom is -0.652 e. The summed E-state index contributed by atoms with van der Waals surface area (Å²) < 4.78 is 0. The summed E-state index contributed by atoms with van der Waals surface area (Å²) in [7, 11) is 0. The third kappa shape index (κ3) is 665. The van der Waals surface area contributed by atoms with Crippen LogP contribution in [0.15, 0.2) is 0 Å².